The molecule has 6 heteroatoms. The molecule has 0 unspecified atom stereocenters. The second-order valence-electron chi connectivity index (χ2n) is 31.4. The molecule has 566 valence electrons. The van der Waals surface area contributed by atoms with Crippen molar-refractivity contribution in [1.29, 1.82) is 0 Å². The Morgan fingerprint density at radius 1 is 0.157 bits per heavy atom. The number of rotatable bonds is 14. The van der Waals surface area contributed by atoms with Crippen molar-refractivity contribution in [2.24, 2.45) is 0 Å². The molecule has 0 spiro atoms. The van der Waals surface area contributed by atoms with Crippen LogP contribution in [0.3, 0.4) is 0 Å². The molecule has 0 amide bonds. The van der Waals surface area contributed by atoms with Crippen molar-refractivity contribution in [3.8, 4) is 89.5 Å². The van der Waals surface area contributed by atoms with Crippen molar-refractivity contribution in [3.63, 3.8) is 0 Å². The van der Waals surface area contributed by atoms with Gasteiger partial charge in [0.25, 0.3) is 0 Å². The smallest absolute Gasteiger partial charge is 0.188 e. The largest absolute Gasteiger partial charge is 0.309 e. The van der Waals surface area contributed by atoms with Crippen molar-refractivity contribution >= 4 is 122 Å². The standard InChI is InChI=1S/C66H46N2Si.C49H31N3/c1-6-20-47(21-7-1)51-42-52(44-58(43-51)69(55-24-10-3-11-25-55,56-26-12-4-13-27-56)57-28-14-5-15-29-57)48-34-38-54(39-35-48)68-64-33-19-17-31-60(64)62-46-50(37-41-66(62)68)49-36-40-65-61(45-49)59-30-16-18-32-63(59)67(65)53-22-8-2-9-23-53;1-50-39-29-37(33-12-4-2-5-13-33)28-38(30-39)34-20-24-41(25-21-34)52-47-19-11-9-17-43(47)45-32-36(23-27-49(45)52)35-22-26-48-44(31-35)42-16-8-10-18-46(42)51(48)40-14-6-3-7-15-40/h1-46H;2-32H. The molecule has 121 heavy (non-hydrogen) atoms. The lowest BCUT2D eigenvalue weighted by molar-refractivity contribution is 1.18. The first kappa shape index (κ1) is 71.6. The normalized spacial score (nSPS) is 11.6. The number of aromatic nitrogens is 4. The molecular weight excluding hydrogens is 1480 g/mol. The number of benzene rings is 19. The Hall–Kier alpha value is -15.9. The highest BCUT2D eigenvalue weighted by Crippen LogP contribution is 2.43. The SMILES string of the molecule is [C-]#[N+]c1cc(-c2ccccc2)cc(-c2ccc(-n3c4ccccc4c4cc(-c5ccc6c(c5)c5ccccc5n6-c5ccccc5)ccc43)cc2)c1.c1ccc(-c2cc(-c3ccc(-n4c5ccccc5c5cc(-c6ccc7c(c6)c6ccccc6n7-c6ccccc6)ccc54)cc3)cc([Si](c3ccccc3)(c3ccccc3)c3ccccc3)c2)cc1. The van der Waals surface area contributed by atoms with Gasteiger partial charge in [-0.25, -0.2) is 4.85 Å². The molecule has 23 rings (SSSR count). The van der Waals surface area contributed by atoms with Crippen molar-refractivity contribution in [2.45, 2.75) is 0 Å². The Labute approximate surface area is 703 Å². The van der Waals surface area contributed by atoms with E-state index in [0.717, 1.165) is 39.3 Å². The van der Waals surface area contributed by atoms with Crippen molar-refractivity contribution in [1.82, 2.24) is 18.3 Å². The van der Waals surface area contributed by atoms with Crippen molar-refractivity contribution in [2.75, 3.05) is 0 Å². The first-order valence-electron chi connectivity index (χ1n) is 41.4. The summed E-state index contributed by atoms with van der Waals surface area (Å²) < 4.78 is 9.53. The van der Waals surface area contributed by atoms with Gasteiger partial charge in [0.1, 0.15) is 0 Å². The molecule has 0 aliphatic heterocycles. The van der Waals surface area contributed by atoms with Gasteiger partial charge in [-0.2, -0.15) is 0 Å². The second-order valence-corrected chi connectivity index (χ2v) is 35.2. The van der Waals surface area contributed by atoms with Gasteiger partial charge < -0.3 is 18.3 Å². The summed E-state index contributed by atoms with van der Waals surface area (Å²) >= 11 is 0. The predicted octanol–water partition coefficient (Wildman–Crippen LogP) is 27.7. The highest BCUT2D eigenvalue weighted by atomic mass is 28.3. The summed E-state index contributed by atoms with van der Waals surface area (Å²) in [4.78, 5) is 3.78. The first-order valence-corrected chi connectivity index (χ1v) is 43.4. The third-order valence-electron chi connectivity index (χ3n) is 24.6. The van der Waals surface area contributed by atoms with Gasteiger partial charge in [0.05, 0.1) is 50.7 Å². The Balaban J connectivity index is 0.000000151. The quantitative estimate of drug-likeness (QED) is 0.0589. The zero-order valence-corrected chi connectivity index (χ0v) is 67.2. The van der Waals surface area contributed by atoms with E-state index in [4.69, 9.17) is 6.57 Å². The number of nitrogens with zero attached hydrogens (tertiary/aromatic N) is 5. The van der Waals surface area contributed by atoms with Crippen LogP contribution in [0.2, 0.25) is 0 Å². The third-order valence-corrected chi connectivity index (χ3v) is 29.3. The maximum Gasteiger partial charge on any atom is 0.188 e. The van der Waals surface area contributed by atoms with Crippen molar-refractivity contribution < 1.29 is 0 Å². The van der Waals surface area contributed by atoms with Gasteiger partial charge in [0.2, 0.25) is 0 Å². The number of hydrogen-bond acceptors (Lipinski definition) is 0. The molecule has 23 aromatic rings. The van der Waals surface area contributed by atoms with Crippen molar-refractivity contribution in [3.05, 3.63) is 479 Å². The molecule has 0 radical (unpaired) electrons. The molecule has 0 aliphatic rings. The lowest BCUT2D eigenvalue weighted by atomic mass is 9.98. The fraction of sp³-hybridized carbons (Fsp3) is 0. The summed E-state index contributed by atoms with van der Waals surface area (Å²) in [5.74, 6) is 0. The van der Waals surface area contributed by atoms with Gasteiger partial charge in [0.15, 0.2) is 13.8 Å². The van der Waals surface area contributed by atoms with E-state index in [1.807, 2.05) is 30.3 Å². The molecule has 0 aliphatic carbocycles. The van der Waals surface area contributed by atoms with Crippen LogP contribution >= 0.6 is 0 Å². The van der Waals surface area contributed by atoms with Gasteiger partial charge in [-0.05, 0) is 233 Å². The molecule has 0 saturated heterocycles. The maximum atomic E-state index is 7.74. The molecule has 4 aromatic heterocycles. The average Bonchev–Trinajstić information content (AvgIpc) is 1.68. The molecule has 0 fully saturated rings. The number of fused-ring (bicyclic) bond motifs is 12. The second kappa shape index (κ2) is 30.3. The molecule has 4 heterocycles. The first-order chi connectivity index (χ1) is 59.9. The third kappa shape index (κ3) is 12.5. The minimum atomic E-state index is -2.82. The van der Waals surface area contributed by atoms with Crippen LogP contribution in [-0.2, 0) is 0 Å². The fourth-order valence-corrected chi connectivity index (χ4v) is 23.8. The van der Waals surface area contributed by atoms with E-state index in [0.29, 0.717) is 5.69 Å². The lowest BCUT2D eigenvalue weighted by Crippen LogP contribution is -2.74. The highest BCUT2D eigenvalue weighted by molar-refractivity contribution is 7.20. The Morgan fingerprint density at radius 2 is 0.380 bits per heavy atom. The van der Waals surface area contributed by atoms with Gasteiger partial charge in [-0.1, -0.05) is 322 Å². The average molecular weight is 1560 g/mol. The van der Waals surface area contributed by atoms with Gasteiger partial charge in [0, 0.05) is 65.8 Å². The van der Waals surface area contributed by atoms with E-state index in [1.165, 1.54) is 158 Å². The number of para-hydroxylation sites is 6. The summed E-state index contributed by atoms with van der Waals surface area (Å²) in [7, 11) is -2.82. The maximum absolute atomic E-state index is 7.74. The molecular formula is C115H77N5Si. The van der Waals surface area contributed by atoms with Crippen LogP contribution in [0, 0.1) is 6.57 Å². The Morgan fingerprint density at radius 3 is 0.669 bits per heavy atom. The van der Waals surface area contributed by atoms with E-state index < -0.39 is 8.07 Å². The summed E-state index contributed by atoms with van der Waals surface area (Å²) in [5, 5.41) is 15.4. The highest BCUT2D eigenvalue weighted by Gasteiger charge is 2.42. The van der Waals surface area contributed by atoms with E-state index in [-0.39, 0.29) is 0 Å². The van der Waals surface area contributed by atoms with Crippen LogP contribution in [0.4, 0.5) is 5.69 Å². The zero-order chi connectivity index (χ0) is 80.3. The van der Waals surface area contributed by atoms with E-state index in [1.54, 1.807) is 0 Å². The predicted molar refractivity (Wildman–Crippen MR) is 513 cm³/mol. The van der Waals surface area contributed by atoms with E-state index in [2.05, 4.69) is 460 Å². The van der Waals surface area contributed by atoms with Crippen LogP contribution < -0.4 is 20.7 Å². The minimum Gasteiger partial charge on any atom is -0.309 e. The van der Waals surface area contributed by atoms with Gasteiger partial charge in [-0.3, -0.25) is 0 Å². The Bertz CT molecular complexity index is 7800. The molecule has 5 nitrogen and oxygen atoms in total. The Kier molecular flexibility index (Phi) is 17.9. The van der Waals surface area contributed by atoms with Gasteiger partial charge in [-0.15, -0.1) is 0 Å². The topological polar surface area (TPSA) is 24.1 Å². The summed E-state index contributed by atoms with van der Waals surface area (Å²) in [6.45, 7) is 7.74. The molecule has 19 aromatic carbocycles. The molecule has 0 bridgehead atoms. The monoisotopic (exact) mass is 1560 g/mol. The summed E-state index contributed by atoms with van der Waals surface area (Å²) in [6.07, 6.45) is 0. The van der Waals surface area contributed by atoms with E-state index >= 15 is 0 Å². The molecule has 0 N–H and O–H groups in total. The van der Waals surface area contributed by atoms with Gasteiger partial charge >= 0.3 is 0 Å². The van der Waals surface area contributed by atoms with Crippen LogP contribution in [0.5, 0.6) is 0 Å². The van der Waals surface area contributed by atoms with Crippen LogP contribution in [-0.4, -0.2) is 26.3 Å². The summed E-state index contributed by atoms with van der Waals surface area (Å²) in [6, 6.07) is 170. The van der Waals surface area contributed by atoms with Crippen LogP contribution in [0.15, 0.2) is 467 Å². The molecule has 0 atom stereocenters. The van der Waals surface area contributed by atoms with E-state index in [9.17, 15) is 0 Å². The minimum absolute atomic E-state index is 0.639. The van der Waals surface area contributed by atoms with Crippen LogP contribution in [0.1, 0.15) is 0 Å². The summed E-state index contributed by atoms with van der Waals surface area (Å²) in [5.41, 5.74) is 28.6. The zero-order valence-electron chi connectivity index (χ0n) is 66.2. The number of hydrogen-bond donors (Lipinski definition) is 0. The fourth-order valence-electron chi connectivity index (χ4n) is 19.0. The lowest BCUT2D eigenvalue weighted by Gasteiger charge is -2.35. The van der Waals surface area contributed by atoms with Crippen LogP contribution in [0.25, 0.3) is 182 Å². The molecule has 0 saturated carbocycles.